The van der Waals surface area contributed by atoms with Gasteiger partial charge in [0.2, 0.25) is 0 Å². The van der Waals surface area contributed by atoms with Crippen LogP contribution in [0.15, 0.2) is 52.4 Å². The average molecular weight is 402 g/mol. The molecular formula is C20H15N2NaO4S. The van der Waals surface area contributed by atoms with Gasteiger partial charge in [0.15, 0.2) is 5.17 Å². The molecule has 0 aromatic heterocycles. The number of hydrogen-bond donors (Lipinski definition) is 1. The van der Waals surface area contributed by atoms with Gasteiger partial charge in [-0.3, -0.25) is 4.79 Å². The number of hydrogen-bond acceptors (Lipinski definition) is 6. The molecule has 0 atom stereocenters. The van der Waals surface area contributed by atoms with E-state index in [0.717, 1.165) is 23.3 Å². The molecule has 2 aliphatic heterocycles. The van der Waals surface area contributed by atoms with E-state index in [0.29, 0.717) is 27.9 Å². The number of ether oxygens (including phenoxy) is 1. The monoisotopic (exact) mass is 402 g/mol. The number of amides is 1. The third kappa shape index (κ3) is 4.86. The van der Waals surface area contributed by atoms with Crippen LogP contribution in [0.4, 0.5) is 5.69 Å². The van der Waals surface area contributed by atoms with E-state index >= 15 is 0 Å². The number of carbonyl (C=O) groups excluding carboxylic acids is 2. The van der Waals surface area contributed by atoms with Gasteiger partial charge in [0.1, 0.15) is 5.75 Å². The largest absolute Gasteiger partial charge is 1.00 e. The molecule has 0 unspecified atom stereocenters. The van der Waals surface area contributed by atoms with Gasteiger partial charge in [-0.1, -0.05) is 18.2 Å². The van der Waals surface area contributed by atoms with Gasteiger partial charge < -0.3 is 20.0 Å². The Labute approximate surface area is 188 Å². The minimum Gasteiger partial charge on any atom is -0.550 e. The second-order valence-corrected chi connectivity index (χ2v) is 7.19. The minimum absolute atomic E-state index is 0. The van der Waals surface area contributed by atoms with E-state index in [-0.39, 0.29) is 41.9 Å². The molecular weight excluding hydrogens is 387 g/mol. The number of nitrogens with zero attached hydrogens (tertiary/aromatic N) is 1. The third-order valence-electron chi connectivity index (χ3n) is 4.18. The van der Waals surface area contributed by atoms with E-state index in [9.17, 15) is 14.7 Å². The molecule has 136 valence electrons. The Balaban J connectivity index is 0.00000225. The average Bonchev–Trinajstić information content (AvgIpc) is 3.22. The fourth-order valence-electron chi connectivity index (χ4n) is 2.90. The Morgan fingerprint density at radius 2 is 2.04 bits per heavy atom. The number of carboxylic acids is 1. The SMILES string of the molecule is O=C([O-])Cc1ccc(N=C2NC(=O)C(=Cc3ccc4c(c3)CCO4)S2)cc1.[Na+]. The van der Waals surface area contributed by atoms with Crippen LogP contribution in [0.25, 0.3) is 6.08 Å². The van der Waals surface area contributed by atoms with Gasteiger partial charge in [0.05, 0.1) is 17.2 Å². The standard InChI is InChI=1S/C20H16N2O4S.Na/c23-18(24)11-12-1-4-15(5-2-12)21-20-22-19(25)17(27-20)10-13-3-6-16-14(9-13)7-8-26-16;/h1-6,9-10H,7-8,11H2,(H,23,24)(H,21,22,25);/q;+1/p-1. The number of rotatable bonds is 4. The molecule has 2 aromatic rings. The van der Waals surface area contributed by atoms with Crippen molar-refractivity contribution in [3.05, 3.63) is 64.1 Å². The number of carbonyl (C=O) groups is 2. The summed E-state index contributed by atoms with van der Waals surface area (Å²) in [4.78, 5) is 27.8. The number of thioether (sulfide) groups is 1. The molecule has 0 aliphatic carbocycles. The maximum absolute atomic E-state index is 12.2. The quantitative estimate of drug-likeness (QED) is 0.513. The maximum Gasteiger partial charge on any atom is 1.00 e. The number of aliphatic imine (C=N–C) groups is 1. The molecule has 28 heavy (non-hydrogen) atoms. The van der Waals surface area contributed by atoms with Gasteiger partial charge in [-0.05, 0) is 58.8 Å². The Kier molecular flexibility index (Phi) is 6.61. The van der Waals surface area contributed by atoms with Crippen LogP contribution < -0.4 is 44.7 Å². The summed E-state index contributed by atoms with van der Waals surface area (Å²) >= 11 is 1.27. The number of aliphatic carboxylic acids is 1. The van der Waals surface area contributed by atoms with Crippen LogP contribution in [0.1, 0.15) is 16.7 Å². The first-order valence-corrected chi connectivity index (χ1v) is 9.22. The molecule has 1 N–H and O–H groups in total. The number of carboxylic acid groups (broad SMARTS) is 1. The van der Waals surface area contributed by atoms with Crippen molar-refractivity contribution in [3.63, 3.8) is 0 Å². The van der Waals surface area contributed by atoms with Crippen LogP contribution in [0.5, 0.6) is 5.75 Å². The van der Waals surface area contributed by atoms with Crippen molar-refractivity contribution in [1.82, 2.24) is 5.32 Å². The number of fused-ring (bicyclic) bond motifs is 1. The predicted octanol–water partition coefficient (Wildman–Crippen LogP) is -1.19. The second-order valence-electron chi connectivity index (χ2n) is 6.16. The van der Waals surface area contributed by atoms with Crippen LogP contribution in [0, 0.1) is 0 Å². The summed E-state index contributed by atoms with van der Waals surface area (Å²) in [6.45, 7) is 0.698. The molecule has 2 aliphatic rings. The number of nitrogens with one attached hydrogen (secondary N) is 1. The van der Waals surface area contributed by atoms with Gasteiger partial charge in [-0.25, -0.2) is 4.99 Å². The molecule has 1 fully saturated rings. The second kappa shape index (κ2) is 8.96. The summed E-state index contributed by atoms with van der Waals surface area (Å²) in [6.07, 6.45) is 2.58. The Bertz CT molecular complexity index is 986. The van der Waals surface area contributed by atoms with Crippen LogP contribution in [-0.2, 0) is 22.4 Å². The van der Waals surface area contributed by atoms with Crippen LogP contribution in [0.3, 0.4) is 0 Å². The van der Waals surface area contributed by atoms with E-state index in [1.54, 1.807) is 24.3 Å². The van der Waals surface area contributed by atoms with Gasteiger partial charge in [0, 0.05) is 18.8 Å². The first-order chi connectivity index (χ1) is 13.1. The summed E-state index contributed by atoms with van der Waals surface area (Å²) in [7, 11) is 0. The van der Waals surface area contributed by atoms with E-state index in [1.165, 1.54) is 11.8 Å². The fourth-order valence-corrected chi connectivity index (χ4v) is 3.74. The molecule has 0 bridgehead atoms. The fraction of sp³-hybridized carbons (Fsp3) is 0.150. The van der Waals surface area contributed by atoms with E-state index in [2.05, 4.69) is 10.3 Å². The third-order valence-corrected chi connectivity index (χ3v) is 5.09. The van der Waals surface area contributed by atoms with Crippen molar-refractivity contribution < 1.29 is 49.0 Å². The first kappa shape index (κ1) is 20.7. The summed E-state index contributed by atoms with van der Waals surface area (Å²) < 4.78 is 5.50. The number of benzene rings is 2. The van der Waals surface area contributed by atoms with Crippen molar-refractivity contribution in [2.45, 2.75) is 12.8 Å². The Morgan fingerprint density at radius 1 is 1.25 bits per heavy atom. The van der Waals surface area contributed by atoms with E-state index < -0.39 is 5.97 Å². The normalized spacial score (nSPS) is 17.8. The molecule has 6 nitrogen and oxygen atoms in total. The van der Waals surface area contributed by atoms with E-state index in [4.69, 9.17) is 4.74 Å². The smallest absolute Gasteiger partial charge is 0.550 e. The van der Waals surface area contributed by atoms with Crippen molar-refractivity contribution in [1.29, 1.82) is 0 Å². The zero-order valence-electron chi connectivity index (χ0n) is 15.2. The van der Waals surface area contributed by atoms with Gasteiger partial charge in [0.25, 0.3) is 5.91 Å². The number of amidine groups is 1. The van der Waals surface area contributed by atoms with Crippen LogP contribution in [-0.4, -0.2) is 23.7 Å². The summed E-state index contributed by atoms with van der Waals surface area (Å²) in [6, 6.07) is 12.7. The van der Waals surface area contributed by atoms with Gasteiger partial charge >= 0.3 is 29.6 Å². The van der Waals surface area contributed by atoms with Crippen molar-refractivity contribution in [2.24, 2.45) is 4.99 Å². The summed E-state index contributed by atoms with van der Waals surface area (Å²) in [5.74, 6) is -0.408. The summed E-state index contributed by atoms with van der Waals surface area (Å²) in [5, 5.41) is 13.9. The maximum atomic E-state index is 12.2. The van der Waals surface area contributed by atoms with Gasteiger partial charge in [-0.15, -0.1) is 0 Å². The van der Waals surface area contributed by atoms with Gasteiger partial charge in [-0.2, -0.15) is 0 Å². The molecule has 0 spiro atoms. The predicted molar refractivity (Wildman–Crippen MR) is 102 cm³/mol. The zero-order valence-corrected chi connectivity index (χ0v) is 18.0. The van der Waals surface area contributed by atoms with Crippen LogP contribution >= 0.6 is 11.8 Å². The molecule has 4 rings (SSSR count). The molecule has 0 saturated carbocycles. The van der Waals surface area contributed by atoms with Crippen molar-refractivity contribution >= 4 is 40.6 Å². The van der Waals surface area contributed by atoms with Crippen LogP contribution in [0.2, 0.25) is 0 Å². The molecule has 1 saturated heterocycles. The molecule has 2 aromatic carbocycles. The Morgan fingerprint density at radius 3 is 2.79 bits per heavy atom. The minimum atomic E-state index is -1.12. The van der Waals surface area contributed by atoms with Crippen molar-refractivity contribution in [3.8, 4) is 5.75 Å². The Hall–Kier alpha value is -2.06. The summed E-state index contributed by atoms with van der Waals surface area (Å²) in [5.41, 5.74) is 3.38. The molecule has 0 radical (unpaired) electrons. The topological polar surface area (TPSA) is 90.8 Å². The van der Waals surface area contributed by atoms with Crippen molar-refractivity contribution in [2.75, 3.05) is 6.61 Å². The first-order valence-electron chi connectivity index (χ1n) is 8.41. The molecule has 8 heteroatoms. The molecule has 2 heterocycles. The molecule has 1 amide bonds. The van der Waals surface area contributed by atoms with E-state index in [1.807, 2.05) is 24.3 Å². The zero-order chi connectivity index (χ0) is 18.8.